The van der Waals surface area contributed by atoms with Gasteiger partial charge in [0.15, 0.2) is 11.5 Å². The number of hydrogen-bond donors (Lipinski definition) is 2. The van der Waals surface area contributed by atoms with Gasteiger partial charge in [-0.05, 0) is 84.0 Å². The van der Waals surface area contributed by atoms with E-state index < -0.39 is 24.4 Å². The molecule has 38 heavy (non-hydrogen) atoms. The van der Waals surface area contributed by atoms with Crippen LogP contribution in [0.15, 0.2) is 66.4 Å². The Hall–Kier alpha value is -3.93. The lowest BCUT2D eigenvalue weighted by molar-refractivity contribution is -0.127. The van der Waals surface area contributed by atoms with Gasteiger partial charge >= 0.3 is 6.03 Å². The first-order valence-electron chi connectivity index (χ1n) is 11.8. The Bertz CT molecular complexity index is 1430. The summed E-state index contributed by atoms with van der Waals surface area (Å²) in [5.74, 6) is -0.635. The molecule has 0 spiro atoms. The third kappa shape index (κ3) is 6.49. The summed E-state index contributed by atoms with van der Waals surface area (Å²) >= 11 is 2.07. The van der Waals surface area contributed by atoms with Gasteiger partial charge < -0.3 is 20.1 Å². The van der Waals surface area contributed by atoms with Gasteiger partial charge in [0.05, 0.1) is 10.2 Å². The Kier molecular flexibility index (Phi) is 8.62. The molecular weight excluding hydrogens is 604 g/mol. The number of benzene rings is 3. The summed E-state index contributed by atoms with van der Waals surface area (Å²) in [6.07, 6.45) is 1.50. The number of ether oxygens (including phenoxy) is 2. The number of carbonyl (C=O) groups excluding carboxylic acids is 3. The average Bonchev–Trinajstić information content (AvgIpc) is 3.12. The highest BCUT2D eigenvalue weighted by atomic mass is 127. The highest BCUT2D eigenvalue weighted by Crippen LogP contribution is 2.36. The molecular formula is C28H25FIN3O5. The summed E-state index contributed by atoms with van der Waals surface area (Å²) in [7, 11) is 0. The molecule has 0 unspecified atom stereocenters. The second kappa shape index (κ2) is 12.1. The first-order chi connectivity index (χ1) is 18.2. The van der Waals surface area contributed by atoms with Gasteiger partial charge in [-0.3, -0.25) is 9.59 Å². The Morgan fingerprint density at radius 1 is 1.11 bits per heavy atom. The average molecular weight is 629 g/mol. The second-order valence-corrected chi connectivity index (χ2v) is 9.60. The number of aryl methyl sites for hydroxylation is 1. The highest BCUT2D eigenvalue weighted by Gasteiger charge is 2.35. The number of nitrogens with zero attached hydrogens (tertiary/aromatic N) is 1. The highest BCUT2D eigenvalue weighted by molar-refractivity contribution is 14.1. The number of rotatable bonds is 9. The van der Waals surface area contributed by atoms with Gasteiger partial charge in [-0.2, -0.15) is 0 Å². The molecule has 1 fully saturated rings. The standard InChI is InChI=1S/C28H25FIN3O5/c1-3-37-24-14-18(12-22(30)26(24)38-16-19-8-4-5-10-21(19)29)13-23-27(35)33(28(36)32-23)15-25(34)31-20-9-6-7-17(2)11-20/h4-14H,3,15-16H2,1-2H3,(H,31,34)(H,32,36)/b23-13+. The van der Waals surface area contributed by atoms with Gasteiger partial charge in [0.25, 0.3) is 5.91 Å². The minimum Gasteiger partial charge on any atom is -0.490 e. The number of carbonyl (C=O) groups is 3. The molecule has 4 rings (SSSR count). The Labute approximate surface area is 232 Å². The number of imide groups is 1. The zero-order valence-electron chi connectivity index (χ0n) is 20.7. The third-order valence-corrected chi connectivity index (χ3v) is 6.34. The van der Waals surface area contributed by atoms with E-state index in [2.05, 4.69) is 33.2 Å². The van der Waals surface area contributed by atoms with Gasteiger partial charge in [-0.15, -0.1) is 0 Å². The number of hydrogen-bond acceptors (Lipinski definition) is 5. The summed E-state index contributed by atoms with van der Waals surface area (Å²) < 4.78 is 26.3. The van der Waals surface area contributed by atoms with Gasteiger partial charge in [-0.1, -0.05) is 30.3 Å². The Morgan fingerprint density at radius 2 is 1.89 bits per heavy atom. The topological polar surface area (TPSA) is 97.0 Å². The van der Waals surface area contributed by atoms with Crippen molar-refractivity contribution >= 4 is 52.2 Å². The number of amides is 4. The monoisotopic (exact) mass is 629 g/mol. The van der Waals surface area contributed by atoms with Crippen LogP contribution < -0.4 is 20.1 Å². The summed E-state index contributed by atoms with van der Waals surface area (Å²) in [4.78, 5) is 38.7. The number of halogens is 2. The van der Waals surface area contributed by atoms with Gasteiger partial charge in [0.1, 0.15) is 24.7 Å². The van der Waals surface area contributed by atoms with Crippen molar-refractivity contribution in [1.29, 1.82) is 0 Å². The lowest BCUT2D eigenvalue weighted by Gasteiger charge is -2.15. The van der Waals surface area contributed by atoms with Crippen LogP contribution in [0, 0.1) is 16.3 Å². The molecule has 8 nitrogen and oxygen atoms in total. The van der Waals surface area contributed by atoms with Crippen LogP contribution in [0.1, 0.15) is 23.6 Å². The minimum atomic E-state index is -0.690. The van der Waals surface area contributed by atoms with Crippen LogP contribution in [-0.2, 0) is 16.2 Å². The van der Waals surface area contributed by atoms with Gasteiger partial charge in [0, 0.05) is 11.3 Å². The molecule has 10 heteroatoms. The summed E-state index contributed by atoms with van der Waals surface area (Å²) in [6.45, 7) is 3.65. The Morgan fingerprint density at radius 3 is 2.63 bits per heavy atom. The molecule has 0 saturated carbocycles. The molecule has 0 atom stereocenters. The van der Waals surface area contributed by atoms with E-state index >= 15 is 0 Å². The molecule has 1 aliphatic heterocycles. The summed E-state index contributed by atoms with van der Waals surface area (Å²) in [5.41, 5.74) is 2.55. The van der Waals surface area contributed by atoms with Crippen LogP contribution in [0.4, 0.5) is 14.9 Å². The molecule has 3 aromatic carbocycles. The van der Waals surface area contributed by atoms with E-state index in [4.69, 9.17) is 9.47 Å². The van der Waals surface area contributed by atoms with E-state index in [1.807, 2.05) is 19.9 Å². The van der Waals surface area contributed by atoms with Crippen LogP contribution in [0.2, 0.25) is 0 Å². The molecule has 0 radical (unpaired) electrons. The van der Waals surface area contributed by atoms with E-state index in [-0.39, 0.29) is 18.1 Å². The van der Waals surface area contributed by atoms with Gasteiger partial charge in [0.2, 0.25) is 5.91 Å². The largest absolute Gasteiger partial charge is 0.490 e. The van der Waals surface area contributed by atoms with Crippen LogP contribution in [0.5, 0.6) is 11.5 Å². The SMILES string of the molecule is CCOc1cc(/C=C2/NC(=O)N(CC(=O)Nc3cccc(C)c3)C2=O)cc(I)c1OCc1ccccc1F. The molecule has 4 amide bonds. The number of anilines is 1. The molecule has 1 aliphatic rings. The first kappa shape index (κ1) is 27.1. The lowest BCUT2D eigenvalue weighted by atomic mass is 10.1. The molecule has 196 valence electrons. The predicted molar refractivity (Wildman–Crippen MR) is 149 cm³/mol. The van der Waals surface area contributed by atoms with Crippen molar-refractivity contribution in [1.82, 2.24) is 10.2 Å². The predicted octanol–water partition coefficient (Wildman–Crippen LogP) is 5.25. The molecule has 0 aromatic heterocycles. The second-order valence-electron chi connectivity index (χ2n) is 8.44. The number of urea groups is 1. The molecule has 2 N–H and O–H groups in total. The van der Waals surface area contributed by atoms with Crippen molar-refractivity contribution < 1.29 is 28.2 Å². The zero-order chi connectivity index (χ0) is 27.2. The van der Waals surface area contributed by atoms with Crippen molar-refractivity contribution in [3.8, 4) is 11.5 Å². The van der Waals surface area contributed by atoms with Crippen LogP contribution in [0.25, 0.3) is 6.08 Å². The molecule has 1 heterocycles. The summed E-state index contributed by atoms with van der Waals surface area (Å²) in [6, 6.07) is 16.3. The normalized spacial score (nSPS) is 14.0. The van der Waals surface area contributed by atoms with E-state index in [0.717, 1.165) is 10.5 Å². The molecule has 0 bridgehead atoms. The van der Waals surface area contributed by atoms with Crippen molar-refractivity contribution in [2.24, 2.45) is 0 Å². The molecule has 0 aliphatic carbocycles. The Balaban J connectivity index is 1.50. The minimum absolute atomic E-state index is 0.0112. The van der Waals surface area contributed by atoms with Gasteiger partial charge in [-0.25, -0.2) is 14.1 Å². The smallest absolute Gasteiger partial charge is 0.329 e. The zero-order valence-corrected chi connectivity index (χ0v) is 22.9. The van der Waals surface area contributed by atoms with Crippen molar-refractivity contribution in [2.45, 2.75) is 20.5 Å². The van der Waals surface area contributed by atoms with Crippen molar-refractivity contribution in [2.75, 3.05) is 18.5 Å². The van der Waals surface area contributed by atoms with Crippen LogP contribution in [0.3, 0.4) is 0 Å². The van der Waals surface area contributed by atoms with E-state index in [9.17, 15) is 18.8 Å². The lowest BCUT2D eigenvalue weighted by Crippen LogP contribution is -2.38. The van der Waals surface area contributed by atoms with Crippen LogP contribution in [-0.4, -0.2) is 35.9 Å². The van der Waals surface area contributed by atoms with Crippen LogP contribution >= 0.6 is 22.6 Å². The van der Waals surface area contributed by atoms with E-state index in [0.29, 0.717) is 38.5 Å². The van der Waals surface area contributed by atoms with E-state index in [1.54, 1.807) is 48.5 Å². The quantitative estimate of drug-likeness (QED) is 0.192. The maximum Gasteiger partial charge on any atom is 0.329 e. The number of nitrogens with one attached hydrogen (secondary N) is 2. The third-order valence-electron chi connectivity index (χ3n) is 5.54. The van der Waals surface area contributed by atoms with E-state index in [1.165, 1.54) is 12.1 Å². The summed E-state index contributed by atoms with van der Waals surface area (Å²) in [5, 5.41) is 5.21. The van der Waals surface area contributed by atoms with Crippen molar-refractivity contribution in [3.05, 3.63) is 92.4 Å². The van der Waals surface area contributed by atoms with Crippen molar-refractivity contribution in [3.63, 3.8) is 0 Å². The molecule has 3 aromatic rings. The maximum atomic E-state index is 14.0. The fourth-order valence-corrected chi connectivity index (χ4v) is 4.57. The molecule has 1 saturated heterocycles. The fraction of sp³-hybridized carbons (Fsp3) is 0.179. The first-order valence-corrected chi connectivity index (χ1v) is 12.9. The maximum absolute atomic E-state index is 14.0. The fourth-order valence-electron chi connectivity index (χ4n) is 3.79.